The smallest absolute Gasteiger partial charge is 0.258 e. The van der Waals surface area contributed by atoms with Crippen molar-refractivity contribution in [1.29, 1.82) is 0 Å². The Bertz CT molecular complexity index is 769. The molecule has 0 saturated carbocycles. The molecule has 106 valence electrons. The van der Waals surface area contributed by atoms with Gasteiger partial charge in [-0.05, 0) is 42.5 Å². The molecule has 21 heavy (non-hydrogen) atoms. The number of aromatic hydroxyl groups is 1. The summed E-state index contributed by atoms with van der Waals surface area (Å²) >= 11 is 3.38. The summed E-state index contributed by atoms with van der Waals surface area (Å²) < 4.78 is 11.3. The third-order valence-corrected chi connectivity index (χ3v) is 3.48. The van der Waals surface area contributed by atoms with Crippen molar-refractivity contribution in [3.63, 3.8) is 0 Å². The Balaban J connectivity index is 1.96. The lowest BCUT2D eigenvalue weighted by molar-refractivity contribution is 0.373. The lowest BCUT2D eigenvalue weighted by atomic mass is 10.2. The van der Waals surface area contributed by atoms with Crippen LogP contribution in [0.4, 0.5) is 0 Å². The fourth-order valence-corrected chi connectivity index (χ4v) is 2.13. The van der Waals surface area contributed by atoms with Crippen LogP contribution < -0.4 is 4.74 Å². The first-order chi connectivity index (χ1) is 10.2. The number of nitrogens with zero attached hydrogens (tertiary/aromatic N) is 2. The zero-order valence-electron chi connectivity index (χ0n) is 11.1. The van der Waals surface area contributed by atoms with Crippen LogP contribution in [0.25, 0.3) is 22.8 Å². The van der Waals surface area contributed by atoms with Crippen molar-refractivity contribution in [2.75, 3.05) is 7.11 Å². The molecule has 1 N–H and O–H groups in total. The molecule has 0 unspecified atom stereocenters. The average molecular weight is 347 g/mol. The lowest BCUT2D eigenvalue weighted by Gasteiger charge is -2.03. The number of halogens is 1. The second kappa shape index (κ2) is 5.57. The molecule has 0 aliphatic rings. The normalized spacial score (nSPS) is 10.6. The highest BCUT2D eigenvalue weighted by atomic mass is 79.9. The Labute approximate surface area is 129 Å². The van der Waals surface area contributed by atoms with Crippen LogP contribution in [0.15, 0.2) is 51.5 Å². The van der Waals surface area contributed by atoms with Gasteiger partial charge in [0.1, 0.15) is 0 Å². The molecule has 5 nitrogen and oxygen atoms in total. The third-order valence-electron chi connectivity index (χ3n) is 2.96. The molecule has 0 spiro atoms. The van der Waals surface area contributed by atoms with Gasteiger partial charge in [-0.2, -0.15) is 4.98 Å². The minimum absolute atomic E-state index is 0.0638. The highest BCUT2D eigenvalue weighted by molar-refractivity contribution is 9.10. The molecule has 0 atom stereocenters. The minimum Gasteiger partial charge on any atom is -0.504 e. The van der Waals surface area contributed by atoms with Gasteiger partial charge in [-0.1, -0.05) is 21.1 Å². The van der Waals surface area contributed by atoms with Crippen molar-refractivity contribution in [3.8, 4) is 34.3 Å². The van der Waals surface area contributed by atoms with Crippen LogP contribution in [0.5, 0.6) is 11.5 Å². The molecular formula is C15H11BrN2O3. The van der Waals surface area contributed by atoms with E-state index in [1.165, 1.54) is 13.2 Å². The maximum atomic E-state index is 9.59. The summed E-state index contributed by atoms with van der Waals surface area (Å²) in [4.78, 5) is 4.36. The predicted molar refractivity (Wildman–Crippen MR) is 81.1 cm³/mol. The molecule has 1 aromatic heterocycles. The van der Waals surface area contributed by atoms with E-state index in [9.17, 15) is 5.11 Å². The van der Waals surface area contributed by atoms with E-state index in [0.29, 0.717) is 23.0 Å². The van der Waals surface area contributed by atoms with Gasteiger partial charge in [-0.15, -0.1) is 0 Å². The molecule has 0 aliphatic heterocycles. The Hall–Kier alpha value is -2.34. The summed E-state index contributed by atoms with van der Waals surface area (Å²) in [6.45, 7) is 0. The molecule has 3 rings (SSSR count). The van der Waals surface area contributed by atoms with E-state index in [0.717, 1.165) is 10.0 Å². The van der Waals surface area contributed by atoms with Crippen LogP contribution >= 0.6 is 15.9 Å². The quantitative estimate of drug-likeness (QED) is 0.779. The van der Waals surface area contributed by atoms with Gasteiger partial charge in [0.2, 0.25) is 5.82 Å². The number of phenols is 1. The van der Waals surface area contributed by atoms with Crippen molar-refractivity contribution in [2.45, 2.75) is 0 Å². The van der Waals surface area contributed by atoms with Gasteiger partial charge in [0.15, 0.2) is 11.5 Å². The first-order valence-electron chi connectivity index (χ1n) is 6.14. The SMILES string of the molecule is COc1cc(-c2nc(-c3ccc(Br)cc3)no2)ccc1O. The Morgan fingerprint density at radius 3 is 2.52 bits per heavy atom. The summed E-state index contributed by atoms with van der Waals surface area (Å²) in [5, 5.41) is 13.6. The van der Waals surface area contributed by atoms with Gasteiger partial charge < -0.3 is 14.4 Å². The Morgan fingerprint density at radius 2 is 1.81 bits per heavy atom. The molecule has 1 heterocycles. The van der Waals surface area contributed by atoms with Gasteiger partial charge >= 0.3 is 0 Å². The van der Waals surface area contributed by atoms with Gasteiger partial charge in [-0.3, -0.25) is 0 Å². The molecule has 0 bridgehead atoms. The van der Waals surface area contributed by atoms with E-state index < -0.39 is 0 Å². The number of aromatic nitrogens is 2. The second-order valence-electron chi connectivity index (χ2n) is 4.32. The fraction of sp³-hybridized carbons (Fsp3) is 0.0667. The van der Waals surface area contributed by atoms with Crippen LogP contribution in [-0.4, -0.2) is 22.4 Å². The highest BCUT2D eigenvalue weighted by Crippen LogP contribution is 2.31. The van der Waals surface area contributed by atoms with Gasteiger partial charge in [0.05, 0.1) is 7.11 Å². The van der Waals surface area contributed by atoms with Gasteiger partial charge in [0.25, 0.3) is 5.89 Å². The summed E-state index contributed by atoms with van der Waals surface area (Å²) in [6.07, 6.45) is 0. The molecule has 0 amide bonds. The third kappa shape index (κ3) is 2.75. The van der Waals surface area contributed by atoms with Crippen LogP contribution in [-0.2, 0) is 0 Å². The molecule has 6 heteroatoms. The number of hydrogen-bond acceptors (Lipinski definition) is 5. The summed E-state index contributed by atoms with van der Waals surface area (Å²) in [7, 11) is 1.49. The number of ether oxygens (including phenoxy) is 1. The number of hydrogen-bond donors (Lipinski definition) is 1. The molecule has 3 aromatic rings. The molecular weight excluding hydrogens is 336 g/mol. The van der Waals surface area contributed by atoms with E-state index in [1.807, 2.05) is 24.3 Å². The summed E-state index contributed by atoms with van der Waals surface area (Å²) in [6, 6.07) is 12.5. The number of phenolic OH excluding ortho intramolecular Hbond substituents is 1. The van der Waals surface area contributed by atoms with Crippen molar-refractivity contribution in [3.05, 3.63) is 46.9 Å². The Kier molecular flexibility index (Phi) is 3.62. The highest BCUT2D eigenvalue weighted by Gasteiger charge is 2.12. The van der Waals surface area contributed by atoms with Crippen molar-refractivity contribution < 1.29 is 14.4 Å². The van der Waals surface area contributed by atoms with E-state index in [1.54, 1.807) is 12.1 Å². The largest absolute Gasteiger partial charge is 0.504 e. The van der Waals surface area contributed by atoms with Crippen molar-refractivity contribution >= 4 is 15.9 Å². The standard InChI is InChI=1S/C15H11BrN2O3/c1-20-13-8-10(4-7-12(13)19)15-17-14(18-21-15)9-2-5-11(16)6-3-9/h2-8,19H,1H3. The van der Waals surface area contributed by atoms with E-state index in [2.05, 4.69) is 26.1 Å². The number of benzene rings is 2. The first-order valence-corrected chi connectivity index (χ1v) is 6.93. The molecule has 0 fully saturated rings. The maximum absolute atomic E-state index is 9.59. The molecule has 0 radical (unpaired) electrons. The number of methoxy groups -OCH3 is 1. The number of rotatable bonds is 3. The zero-order chi connectivity index (χ0) is 14.8. The molecule has 2 aromatic carbocycles. The summed E-state index contributed by atoms with van der Waals surface area (Å²) in [5.74, 6) is 1.29. The molecule has 0 saturated heterocycles. The van der Waals surface area contributed by atoms with Crippen LogP contribution in [0.3, 0.4) is 0 Å². The zero-order valence-corrected chi connectivity index (χ0v) is 12.7. The second-order valence-corrected chi connectivity index (χ2v) is 5.23. The minimum atomic E-state index is 0.0638. The van der Waals surface area contributed by atoms with Crippen LogP contribution in [0.1, 0.15) is 0 Å². The van der Waals surface area contributed by atoms with E-state index >= 15 is 0 Å². The average Bonchev–Trinajstić information content (AvgIpc) is 2.98. The van der Waals surface area contributed by atoms with Crippen LogP contribution in [0.2, 0.25) is 0 Å². The lowest BCUT2D eigenvalue weighted by Crippen LogP contribution is -1.85. The summed E-state index contributed by atoms with van der Waals surface area (Å²) in [5.41, 5.74) is 1.54. The monoisotopic (exact) mass is 346 g/mol. The van der Waals surface area contributed by atoms with Crippen LogP contribution in [0, 0.1) is 0 Å². The Morgan fingerprint density at radius 1 is 1.10 bits per heavy atom. The topological polar surface area (TPSA) is 68.4 Å². The molecule has 0 aliphatic carbocycles. The van der Waals surface area contributed by atoms with E-state index in [4.69, 9.17) is 9.26 Å². The van der Waals surface area contributed by atoms with Crippen molar-refractivity contribution in [2.24, 2.45) is 0 Å². The maximum Gasteiger partial charge on any atom is 0.258 e. The fourth-order valence-electron chi connectivity index (χ4n) is 1.87. The first kappa shape index (κ1) is 13.6. The predicted octanol–water partition coefficient (Wildman–Crippen LogP) is 3.88. The van der Waals surface area contributed by atoms with Gasteiger partial charge in [-0.25, -0.2) is 0 Å². The van der Waals surface area contributed by atoms with E-state index in [-0.39, 0.29) is 5.75 Å². The van der Waals surface area contributed by atoms with Crippen molar-refractivity contribution in [1.82, 2.24) is 10.1 Å². The van der Waals surface area contributed by atoms with Gasteiger partial charge in [0, 0.05) is 15.6 Å².